The molecule has 0 bridgehead atoms. The van der Waals surface area contributed by atoms with Crippen LogP contribution >= 0.6 is 0 Å². The van der Waals surface area contributed by atoms with Crippen LogP contribution in [0.4, 0.5) is 0 Å². The van der Waals surface area contributed by atoms with Crippen molar-refractivity contribution in [1.29, 1.82) is 0 Å². The topological polar surface area (TPSA) is 51.2 Å². The number of nitrogens with zero attached hydrogens (tertiary/aromatic N) is 1. The lowest BCUT2D eigenvalue weighted by Crippen LogP contribution is -2.23. The Balaban J connectivity index is 1.56. The van der Waals surface area contributed by atoms with Crippen molar-refractivity contribution in [3.63, 3.8) is 0 Å². The summed E-state index contributed by atoms with van der Waals surface area (Å²) in [5, 5.41) is 3.93. The number of aryl methyl sites for hydroxylation is 2. The average Bonchev–Trinajstić information content (AvgIpc) is 2.75. The van der Waals surface area contributed by atoms with Crippen LogP contribution in [0.1, 0.15) is 27.0 Å². The summed E-state index contributed by atoms with van der Waals surface area (Å²) in [5.41, 5.74) is 4.66. The predicted octanol–water partition coefficient (Wildman–Crippen LogP) is 5.57. The molecular weight excluding hydrogens is 360 g/mol. The number of para-hydroxylation sites is 1. The number of ether oxygens (including phenoxy) is 1. The monoisotopic (exact) mass is 382 g/mol. The first kappa shape index (κ1) is 18.7. The second kappa shape index (κ2) is 8.15. The Labute approximate surface area is 170 Å². The molecular formula is C25H22N2O2. The minimum Gasteiger partial charge on any atom is -0.456 e. The lowest BCUT2D eigenvalue weighted by Gasteiger charge is -2.13. The van der Waals surface area contributed by atoms with Crippen LogP contribution in [0.3, 0.4) is 0 Å². The van der Waals surface area contributed by atoms with E-state index in [-0.39, 0.29) is 5.91 Å². The Bertz CT molecular complexity index is 1180. The molecule has 0 saturated heterocycles. The Morgan fingerprint density at radius 3 is 2.55 bits per heavy atom. The number of pyridine rings is 1. The van der Waals surface area contributed by atoms with Gasteiger partial charge >= 0.3 is 0 Å². The van der Waals surface area contributed by atoms with Gasteiger partial charge < -0.3 is 10.1 Å². The van der Waals surface area contributed by atoms with Crippen molar-refractivity contribution in [2.24, 2.45) is 0 Å². The molecule has 1 N–H and O–H groups in total. The lowest BCUT2D eigenvalue weighted by atomic mass is 10.1. The summed E-state index contributed by atoms with van der Waals surface area (Å²) in [6, 6.07) is 23.2. The van der Waals surface area contributed by atoms with Gasteiger partial charge in [0.05, 0.1) is 5.52 Å². The van der Waals surface area contributed by atoms with Crippen LogP contribution in [0.5, 0.6) is 11.5 Å². The van der Waals surface area contributed by atoms with E-state index < -0.39 is 0 Å². The van der Waals surface area contributed by atoms with Crippen LogP contribution in [0, 0.1) is 13.8 Å². The van der Waals surface area contributed by atoms with Crippen molar-refractivity contribution in [1.82, 2.24) is 10.3 Å². The number of rotatable bonds is 5. The number of carbonyl (C=O) groups excluding carboxylic acids is 1. The quantitative estimate of drug-likeness (QED) is 0.491. The summed E-state index contributed by atoms with van der Waals surface area (Å²) in [6.45, 7) is 4.50. The Hall–Kier alpha value is -3.66. The molecule has 4 nitrogen and oxygen atoms in total. The third kappa shape index (κ3) is 4.11. The molecule has 0 aliphatic heterocycles. The van der Waals surface area contributed by atoms with Gasteiger partial charge in [0.15, 0.2) is 0 Å². The Kier molecular flexibility index (Phi) is 5.25. The molecule has 4 aromatic rings. The number of benzene rings is 3. The van der Waals surface area contributed by atoms with Crippen molar-refractivity contribution < 1.29 is 9.53 Å². The summed E-state index contributed by atoms with van der Waals surface area (Å²) in [6.07, 6.45) is 1.73. The standard InChI is InChI=1S/C25H22N2O2/c1-17-7-3-4-8-20(17)16-27-25(28)19-12-11-18(2)24(15-19)29-23-13-14-26-22-10-6-5-9-21(22)23/h3-15H,16H2,1-2H3,(H,27,28). The van der Waals surface area contributed by atoms with E-state index in [1.165, 1.54) is 0 Å². The molecule has 0 saturated carbocycles. The highest BCUT2D eigenvalue weighted by molar-refractivity contribution is 5.94. The number of amides is 1. The Morgan fingerprint density at radius 1 is 0.897 bits per heavy atom. The van der Waals surface area contributed by atoms with Crippen molar-refractivity contribution in [3.8, 4) is 11.5 Å². The van der Waals surface area contributed by atoms with Crippen molar-refractivity contribution >= 4 is 16.8 Å². The minimum absolute atomic E-state index is 0.127. The molecule has 0 fully saturated rings. The third-order valence-corrected chi connectivity index (χ3v) is 4.98. The van der Waals surface area contributed by atoms with Crippen molar-refractivity contribution in [3.05, 3.63) is 101 Å². The largest absolute Gasteiger partial charge is 0.456 e. The van der Waals surface area contributed by atoms with Gasteiger partial charge in [-0.2, -0.15) is 0 Å². The van der Waals surface area contributed by atoms with Gasteiger partial charge in [-0.3, -0.25) is 9.78 Å². The van der Waals surface area contributed by atoms with Gasteiger partial charge in [0.2, 0.25) is 0 Å². The van der Waals surface area contributed by atoms with Crippen molar-refractivity contribution in [2.45, 2.75) is 20.4 Å². The van der Waals surface area contributed by atoms with Crippen LogP contribution in [-0.2, 0) is 6.54 Å². The first-order valence-corrected chi connectivity index (χ1v) is 9.57. The molecule has 4 heteroatoms. The summed E-state index contributed by atoms with van der Waals surface area (Å²) < 4.78 is 6.18. The summed E-state index contributed by atoms with van der Waals surface area (Å²) in [7, 11) is 0. The summed E-state index contributed by atoms with van der Waals surface area (Å²) in [4.78, 5) is 17.0. The molecule has 0 unspecified atom stereocenters. The number of aromatic nitrogens is 1. The van der Waals surface area contributed by atoms with E-state index in [1.54, 1.807) is 12.3 Å². The van der Waals surface area contributed by atoms with Gasteiger partial charge in [-0.25, -0.2) is 0 Å². The van der Waals surface area contributed by atoms with Gasteiger partial charge in [0.1, 0.15) is 11.5 Å². The molecule has 1 amide bonds. The first-order chi connectivity index (χ1) is 14.1. The molecule has 144 valence electrons. The van der Waals surface area contributed by atoms with Gasteiger partial charge in [-0.05, 0) is 60.9 Å². The SMILES string of the molecule is Cc1ccccc1CNC(=O)c1ccc(C)c(Oc2ccnc3ccccc23)c1. The third-order valence-electron chi connectivity index (χ3n) is 4.98. The lowest BCUT2D eigenvalue weighted by molar-refractivity contribution is 0.0950. The van der Waals surface area contributed by atoms with E-state index in [0.717, 1.165) is 33.3 Å². The van der Waals surface area contributed by atoms with Crippen LogP contribution in [0.2, 0.25) is 0 Å². The average molecular weight is 382 g/mol. The van der Waals surface area contributed by atoms with E-state index in [9.17, 15) is 4.79 Å². The van der Waals surface area contributed by atoms with E-state index in [1.807, 2.05) is 80.6 Å². The molecule has 4 rings (SSSR count). The highest BCUT2D eigenvalue weighted by Crippen LogP contribution is 2.31. The molecule has 0 atom stereocenters. The second-order valence-electron chi connectivity index (χ2n) is 7.02. The molecule has 0 radical (unpaired) electrons. The number of nitrogens with one attached hydrogen (secondary N) is 1. The predicted molar refractivity (Wildman–Crippen MR) is 115 cm³/mol. The van der Waals surface area contributed by atoms with Crippen LogP contribution in [-0.4, -0.2) is 10.9 Å². The maximum atomic E-state index is 12.7. The number of hydrogen-bond donors (Lipinski definition) is 1. The van der Waals surface area contributed by atoms with E-state index in [0.29, 0.717) is 17.9 Å². The van der Waals surface area contributed by atoms with Crippen LogP contribution in [0.15, 0.2) is 79.0 Å². The molecule has 1 heterocycles. The van der Waals surface area contributed by atoms with E-state index in [4.69, 9.17) is 4.74 Å². The fourth-order valence-electron chi connectivity index (χ4n) is 3.21. The molecule has 1 aromatic heterocycles. The van der Waals surface area contributed by atoms with E-state index in [2.05, 4.69) is 10.3 Å². The highest BCUT2D eigenvalue weighted by Gasteiger charge is 2.11. The zero-order chi connectivity index (χ0) is 20.2. The van der Waals surface area contributed by atoms with Crippen LogP contribution in [0.25, 0.3) is 10.9 Å². The zero-order valence-corrected chi connectivity index (χ0v) is 16.5. The summed E-state index contributed by atoms with van der Waals surface area (Å²) >= 11 is 0. The molecule has 0 spiro atoms. The molecule has 3 aromatic carbocycles. The summed E-state index contributed by atoms with van der Waals surface area (Å²) in [5.74, 6) is 1.25. The normalized spacial score (nSPS) is 10.7. The maximum absolute atomic E-state index is 12.7. The second-order valence-corrected chi connectivity index (χ2v) is 7.02. The first-order valence-electron chi connectivity index (χ1n) is 9.57. The van der Waals surface area contributed by atoms with Gasteiger partial charge in [-0.15, -0.1) is 0 Å². The van der Waals surface area contributed by atoms with E-state index >= 15 is 0 Å². The maximum Gasteiger partial charge on any atom is 0.251 e. The number of carbonyl (C=O) groups is 1. The Morgan fingerprint density at radius 2 is 1.69 bits per heavy atom. The number of hydrogen-bond acceptors (Lipinski definition) is 3. The molecule has 29 heavy (non-hydrogen) atoms. The van der Waals surface area contributed by atoms with Crippen molar-refractivity contribution in [2.75, 3.05) is 0 Å². The smallest absolute Gasteiger partial charge is 0.251 e. The zero-order valence-electron chi connectivity index (χ0n) is 16.5. The number of fused-ring (bicyclic) bond motifs is 1. The van der Waals surface area contributed by atoms with Crippen LogP contribution < -0.4 is 10.1 Å². The minimum atomic E-state index is -0.127. The highest BCUT2D eigenvalue weighted by atomic mass is 16.5. The molecule has 0 aliphatic carbocycles. The molecule has 0 aliphatic rings. The fourth-order valence-corrected chi connectivity index (χ4v) is 3.21. The van der Waals surface area contributed by atoms with Gasteiger partial charge in [0.25, 0.3) is 5.91 Å². The van der Waals surface area contributed by atoms with Gasteiger partial charge in [0, 0.05) is 23.7 Å². The van der Waals surface area contributed by atoms with Gasteiger partial charge in [-0.1, -0.05) is 42.5 Å². The fraction of sp³-hybridized carbons (Fsp3) is 0.120.